The Bertz CT molecular complexity index is 623. The van der Waals surface area contributed by atoms with Gasteiger partial charge in [-0.25, -0.2) is 4.79 Å². The number of aliphatic carboxylic acids is 1. The number of carbonyl (C=O) groups is 3. The van der Waals surface area contributed by atoms with Gasteiger partial charge in [-0.3, -0.25) is 9.59 Å². The lowest BCUT2D eigenvalue weighted by Gasteiger charge is -2.11. The van der Waals surface area contributed by atoms with E-state index in [1.807, 2.05) is 0 Å². The Hall–Kier alpha value is -1.89. The summed E-state index contributed by atoms with van der Waals surface area (Å²) in [6.07, 6.45) is 6.53. The van der Waals surface area contributed by atoms with Crippen molar-refractivity contribution >= 4 is 34.2 Å². The van der Waals surface area contributed by atoms with E-state index in [0.717, 1.165) is 42.5 Å². The molecule has 0 aliphatic heterocycles. The molecule has 2 N–H and O–H groups in total. The van der Waals surface area contributed by atoms with Gasteiger partial charge in [0, 0.05) is 17.7 Å². The highest BCUT2D eigenvalue weighted by Crippen LogP contribution is 2.37. The highest BCUT2D eigenvalue weighted by Gasteiger charge is 2.25. The summed E-state index contributed by atoms with van der Waals surface area (Å²) in [6, 6.07) is 0. The van der Waals surface area contributed by atoms with Crippen LogP contribution in [0.25, 0.3) is 0 Å². The number of fused-ring (bicyclic) bond motifs is 1. The monoisotopic (exact) mass is 353 g/mol. The number of rotatable bonds is 6. The largest absolute Gasteiger partial charge is 0.481 e. The second kappa shape index (κ2) is 8.82. The second-order valence-corrected chi connectivity index (χ2v) is 7.01. The normalized spacial score (nSPS) is 14.2. The molecule has 0 radical (unpaired) electrons. The first-order valence-corrected chi connectivity index (χ1v) is 9.09. The Kier molecular flexibility index (Phi) is 6.78. The number of aryl methyl sites for hydroxylation is 1. The quantitative estimate of drug-likeness (QED) is 0.765. The first-order valence-electron chi connectivity index (χ1n) is 8.27. The third-order valence-corrected chi connectivity index (χ3v) is 5.32. The van der Waals surface area contributed by atoms with Crippen molar-refractivity contribution in [2.24, 2.45) is 0 Å². The molecule has 0 saturated carbocycles. The number of methoxy groups -OCH3 is 1. The van der Waals surface area contributed by atoms with Crippen LogP contribution in [0.15, 0.2) is 0 Å². The van der Waals surface area contributed by atoms with E-state index >= 15 is 0 Å². The third kappa shape index (κ3) is 4.80. The van der Waals surface area contributed by atoms with Crippen molar-refractivity contribution in [2.75, 3.05) is 12.4 Å². The minimum Gasteiger partial charge on any atom is -0.481 e. The summed E-state index contributed by atoms with van der Waals surface area (Å²) in [5.74, 6) is -1.61. The van der Waals surface area contributed by atoms with Gasteiger partial charge in [-0.15, -0.1) is 11.3 Å². The van der Waals surface area contributed by atoms with Crippen LogP contribution in [0, 0.1) is 0 Å². The third-order valence-electron chi connectivity index (χ3n) is 4.11. The molecule has 0 unspecified atom stereocenters. The number of anilines is 1. The number of carboxylic acid groups (broad SMARTS) is 1. The number of carbonyl (C=O) groups excluding carboxylic acids is 2. The van der Waals surface area contributed by atoms with Crippen molar-refractivity contribution in [1.29, 1.82) is 0 Å². The van der Waals surface area contributed by atoms with Crippen LogP contribution in [0.5, 0.6) is 0 Å². The van der Waals surface area contributed by atoms with Gasteiger partial charge in [0.2, 0.25) is 5.91 Å². The van der Waals surface area contributed by atoms with Crippen LogP contribution in [0.2, 0.25) is 0 Å². The highest BCUT2D eigenvalue weighted by molar-refractivity contribution is 7.17. The molecule has 24 heavy (non-hydrogen) atoms. The van der Waals surface area contributed by atoms with E-state index in [9.17, 15) is 14.4 Å². The molecule has 132 valence electrons. The summed E-state index contributed by atoms with van der Waals surface area (Å²) in [5, 5.41) is 12.0. The first kappa shape index (κ1) is 18.4. The zero-order valence-electron chi connectivity index (χ0n) is 13.9. The highest BCUT2D eigenvalue weighted by atomic mass is 32.1. The van der Waals surface area contributed by atoms with Gasteiger partial charge < -0.3 is 15.2 Å². The average Bonchev–Trinajstić information content (AvgIpc) is 2.82. The lowest BCUT2D eigenvalue weighted by atomic mass is 9.96. The number of hydrogen-bond acceptors (Lipinski definition) is 5. The lowest BCUT2D eigenvalue weighted by molar-refractivity contribution is -0.137. The van der Waals surface area contributed by atoms with E-state index in [1.165, 1.54) is 24.9 Å². The van der Waals surface area contributed by atoms with Crippen LogP contribution in [-0.4, -0.2) is 30.1 Å². The second-order valence-electron chi connectivity index (χ2n) is 5.91. The number of hydrogen-bond donors (Lipinski definition) is 2. The van der Waals surface area contributed by atoms with Crippen LogP contribution < -0.4 is 5.32 Å². The fraction of sp³-hybridized carbons (Fsp3) is 0.588. The summed E-state index contributed by atoms with van der Waals surface area (Å²) in [7, 11) is 1.34. The number of ether oxygens (including phenoxy) is 1. The molecule has 1 aromatic rings. The molecular weight excluding hydrogens is 330 g/mol. The zero-order valence-corrected chi connectivity index (χ0v) is 14.7. The summed E-state index contributed by atoms with van der Waals surface area (Å²) in [5.41, 5.74) is 1.48. The van der Waals surface area contributed by atoms with E-state index in [2.05, 4.69) is 5.32 Å². The predicted octanol–water partition coefficient (Wildman–Crippen LogP) is 3.39. The molecular formula is C17H23NO5S. The first-order chi connectivity index (χ1) is 11.5. The molecule has 0 aromatic carbocycles. The van der Waals surface area contributed by atoms with Crippen molar-refractivity contribution in [3.63, 3.8) is 0 Å². The van der Waals surface area contributed by atoms with E-state index in [-0.39, 0.29) is 25.2 Å². The van der Waals surface area contributed by atoms with Crippen molar-refractivity contribution in [2.45, 2.75) is 57.8 Å². The van der Waals surface area contributed by atoms with Crippen LogP contribution in [0.4, 0.5) is 5.00 Å². The number of nitrogens with one attached hydrogen (secondary N) is 1. The van der Waals surface area contributed by atoms with Gasteiger partial charge in [0.15, 0.2) is 0 Å². The SMILES string of the molecule is COC(=O)c1c(NC(=O)CCCC(=O)O)sc2c1CCCCCC2. The summed E-state index contributed by atoms with van der Waals surface area (Å²) in [4.78, 5) is 35.9. The molecule has 1 aliphatic carbocycles. The van der Waals surface area contributed by atoms with Gasteiger partial charge in [0.1, 0.15) is 5.00 Å². The molecule has 1 aliphatic rings. The molecule has 2 rings (SSSR count). The van der Waals surface area contributed by atoms with Gasteiger partial charge in [0.25, 0.3) is 0 Å². The van der Waals surface area contributed by atoms with Crippen molar-refractivity contribution in [1.82, 2.24) is 0 Å². The number of thiophene rings is 1. The van der Waals surface area contributed by atoms with Crippen molar-refractivity contribution in [3.8, 4) is 0 Å². The fourth-order valence-corrected chi connectivity index (χ4v) is 4.21. The Morgan fingerprint density at radius 2 is 1.83 bits per heavy atom. The molecule has 7 heteroatoms. The molecule has 6 nitrogen and oxygen atoms in total. The van der Waals surface area contributed by atoms with E-state index in [0.29, 0.717) is 10.6 Å². The number of esters is 1. The average molecular weight is 353 g/mol. The fourth-order valence-electron chi connectivity index (χ4n) is 2.91. The molecule has 0 bridgehead atoms. The van der Waals surface area contributed by atoms with Gasteiger partial charge >= 0.3 is 11.9 Å². The molecule has 0 atom stereocenters. The van der Waals surface area contributed by atoms with Crippen LogP contribution in [0.1, 0.15) is 65.7 Å². The van der Waals surface area contributed by atoms with Gasteiger partial charge in [-0.05, 0) is 37.7 Å². The van der Waals surface area contributed by atoms with E-state index in [4.69, 9.17) is 9.84 Å². The van der Waals surface area contributed by atoms with Crippen LogP contribution in [-0.2, 0) is 27.2 Å². The summed E-state index contributed by atoms with van der Waals surface area (Å²) in [6.45, 7) is 0. The molecule has 1 aromatic heterocycles. The Morgan fingerprint density at radius 3 is 2.50 bits per heavy atom. The van der Waals surface area contributed by atoms with Crippen molar-refractivity contribution < 1.29 is 24.2 Å². The van der Waals surface area contributed by atoms with Crippen LogP contribution in [0.3, 0.4) is 0 Å². The minimum atomic E-state index is -0.919. The summed E-state index contributed by atoms with van der Waals surface area (Å²) >= 11 is 1.45. The Balaban J connectivity index is 2.18. The van der Waals surface area contributed by atoms with E-state index < -0.39 is 11.9 Å². The molecule has 0 spiro atoms. The maximum Gasteiger partial charge on any atom is 0.341 e. The maximum atomic E-state index is 12.2. The molecule has 0 fully saturated rings. The molecule has 0 saturated heterocycles. The van der Waals surface area contributed by atoms with Gasteiger partial charge in [-0.2, -0.15) is 0 Å². The topological polar surface area (TPSA) is 92.7 Å². The number of carboxylic acids is 1. The van der Waals surface area contributed by atoms with Crippen LogP contribution >= 0.6 is 11.3 Å². The smallest absolute Gasteiger partial charge is 0.341 e. The standard InChI is InChI=1S/C17H23NO5S/c1-23-17(22)15-11-7-4-2-3-5-8-12(11)24-16(15)18-13(19)9-6-10-14(20)21/h2-10H2,1H3,(H,18,19)(H,20,21). The van der Waals surface area contributed by atoms with Gasteiger partial charge in [-0.1, -0.05) is 12.8 Å². The van der Waals surface area contributed by atoms with Crippen molar-refractivity contribution in [3.05, 3.63) is 16.0 Å². The molecule has 1 amide bonds. The zero-order chi connectivity index (χ0) is 17.5. The Morgan fingerprint density at radius 1 is 1.12 bits per heavy atom. The predicted molar refractivity (Wildman–Crippen MR) is 91.7 cm³/mol. The lowest BCUT2D eigenvalue weighted by Crippen LogP contribution is -2.14. The van der Waals surface area contributed by atoms with Gasteiger partial charge in [0.05, 0.1) is 12.7 Å². The number of amides is 1. The summed E-state index contributed by atoms with van der Waals surface area (Å²) < 4.78 is 4.91. The molecule has 1 heterocycles. The maximum absolute atomic E-state index is 12.2. The van der Waals surface area contributed by atoms with E-state index in [1.54, 1.807) is 0 Å². The Labute approximate surface area is 145 Å². The minimum absolute atomic E-state index is 0.0434.